The van der Waals surface area contributed by atoms with Crippen molar-refractivity contribution in [3.8, 4) is 0 Å². The van der Waals surface area contributed by atoms with E-state index in [0.717, 1.165) is 10.0 Å². The quantitative estimate of drug-likeness (QED) is 0.799. The maximum Gasteiger partial charge on any atom is 0.245 e. The van der Waals surface area contributed by atoms with Crippen LogP contribution >= 0.6 is 15.9 Å². The molecule has 1 aromatic rings. The number of hydrogen-bond donors (Lipinski definition) is 2. The van der Waals surface area contributed by atoms with Gasteiger partial charge < -0.3 is 5.73 Å². The molecule has 0 saturated carbocycles. The monoisotopic (exact) mass is 272 g/mol. The smallest absolute Gasteiger partial charge is 0.245 e. The highest BCUT2D eigenvalue weighted by atomic mass is 79.9. The Morgan fingerprint density at radius 3 is 3.00 bits per heavy atom. The lowest BCUT2D eigenvalue weighted by molar-refractivity contribution is -0.126. The highest BCUT2D eigenvalue weighted by Gasteiger charge is 2.05. The Morgan fingerprint density at radius 1 is 1.67 bits per heavy atom. The minimum atomic E-state index is -0.496. The Kier molecular flexibility index (Phi) is 4.74. The van der Waals surface area contributed by atoms with E-state index in [1.54, 1.807) is 0 Å². The van der Waals surface area contributed by atoms with Crippen molar-refractivity contribution < 1.29 is 9.63 Å². The molecular weight excluding hydrogens is 260 g/mol. The molecule has 0 spiro atoms. The van der Waals surface area contributed by atoms with E-state index < -0.39 is 5.91 Å². The van der Waals surface area contributed by atoms with Gasteiger partial charge in [-0.2, -0.15) is 5.48 Å². The molecule has 5 heteroatoms. The second kappa shape index (κ2) is 5.85. The van der Waals surface area contributed by atoms with E-state index in [0.29, 0.717) is 0 Å². The number of carbonyl (C=O) groups is 1. The number of carbonyl (C=O) groups excluding carboxylic acids is 1. The van der Waals surface area contributed by atoms with E-state index in [1.807, 2.05) is 31.2 Å². The number of rotatable bonds is 5. The van der Waals surface area contributed by atoms with E-state index in [-0.39, 0.29) is 12.6 Å². The minimum Gasteiger partial charge on any atom is -0.368 e. The second-order valence-electron chi connectivity index (χ2n) is 3.15. The molecule has 0 aliphatic carbocycles. The summed E-state index contributed by atoms with van der Waals surface area (Å²) in [4.78, 5) is 15.3. The summed E-state index contributed by atoms with van der Waals surface area (Å²) in [5.41, 5.74) is 8.73. The van der Waals surface area contributed by atoms with Crippen molar-refractivity contribution in [1.29, 1.82) is 0 Å². The fraction of sp³-hybridized carbons (Fsp3) is 0.300. The number of primary amides is 1. The van der Waals surface area contributed by atoms with Crippen LogP contribution in [0.25, 0.3) is 0 Å². The van der Waals surface area contributed by atoms with Crippen LogP contribution < -0.4 is 11.2 Å². The van der Waals surface area contributed by atoms with Crippen molar-refractivity contribution in [1.82, 2.24) is 5.48 Å². The molecule has 0 aromatic heterocycles. The van der Waals surface area contributed by atoms with Gasteiger partial charge in [-0.15, -0.1) is 0 Å². The normalized spacial score (nSPS) is 12.4. The van der Waals surface area contributed by atoms with Crippen LogP contribution in [-0.2, 0) is 9.63 Å². The molecule has 0 radical (unpaired) electrons. The minimum absolute atomic E-state index is 0.00171. The van der Waals surface area contributed by atoms with Crippen LogP contribution in [0.1, 0.15) is 18.5 Å². The van der Waals surface area contributed by atoms with Gasteiger partial charge in [0.1, 0.15) is 6.61 Å². The molecule has 1 amide bonds. The summed E-state index contributed by atoms with van der Waals surface area (Å²) in [5, 5.41) is 0. The second-order valence-corrected chi connectivity index (χ2v) is 4.07. The van der Waals surface area contributed by atoms with Gasteiger partial charge in [-0.1, -0.05) is 28.1 Å². The number of hydroxylamine groups is 1. The number of nitrogens with two attached hydrogens (primary N) is 1. The first-order valence-electron chi connectivity index (χ1n) is 4.50. The maximum atomic E-state index is 10.4. The van der Waals surface area contributed by atoms with E-state index in [9.17, 15) is 4.79 Å². The van der Waals surface area contributed by atoms with Crippen LogP contribution in [0.2, 0.25) is 0 Å². The standard InChI is InChI=1S/C10H13BrN2O2/c1-7(13-15-6-10(12)14)8-3-2-4-9(11)5-8/h2-5,7,13H,6H2,1H3,(H2,12,14). The van der Waals surface area contributed by atoms with Gasteiger partial charge in [0.25, 0.3) is 0 Å². The van der Waals surface area contributed by atoms with Crippen molar-refractivity contribution in [2.75, 3.05) is 6.61 Å². The molecule has 1 aromatic carbocycles. The predicted octanol–water partition coefficient (Wildman–Crippen LogP) is 1.52. The van der Waals surface area contributed by atoms with Crippen LogP contribution in [-0.4, -0.2) is 12.5 Å². The zero-order valence-electron chi connectivity index (χ0n) is 8.37. The van der Waals surface area contributed by atoms with E-state index in [4.69, 9.17) is 10.6 Å². The molecule has 0 heterocycles. The topological polar surface area (TPSA) is 64.3 Å². The molecule has 3 N–H and O–H groups in total. The lowest BCUT2D eigenvalue weighted by Crippen LogP contribution is -2.26. The first-order chi connectivity index (χ1) is 7.09. The van der Waals surface area contributed by atoms with Gasteiger partial charge in [0.15, 0.2) is 0 Å². The first kappa shape index (κ1) is 12.2. The number of amides is 1. The lowest BCUT2D eigenvalue weighted by Gasteiger charge is -2.13. The highest BCUT2D eigenvalue weighted by molar-refractivity contribution is 9.10. The first-order valence-corrected chi connectivity index (χ1v) is 5.30. The van der Waals surface area contributed by atoms with Gasteiger partial charge in [-0.3, -0.25) is 9.63 Å². The Balaban J connectivity index is 2.46. The average Bonchev–Trinajstić information content (AvgIpc) is 2.17. The molecule has 0 saturated heterocycles. The van der Waals surface area contributed by atoms with Gasteiger partial charge in [0.05, 0.1) is 6.04 Å². The van der Waals surface area contributed by atoms with E-state index in [2.05, 4.69) is 21.4 Å². The summed E-state index contributed by atoms with van der Waals surface area (Å²) in [6.07, 6.45) is 0. The Labute approximate surface area is 96.9 Å². The Morgan fingerprint density at radius 2 is 2.40 bits per heavy atom. The van der Waals surface area contributed by atoms with Gasteiger partial charge in [0, 0.05) is 4.47 Å². The summed E-state index contributed by atoms with van der Waals surface area (Å²) >= 11 is 3.38. The molecule has 1 atom stereocenters. The SMILES string of the molecule is CC(NOCC(N)=O)c1cccc(Br)c1. The predicted molar refractivity (Wildman–Crippen MR) is 60.8 cm³/mol. The summed E-state index contributed by atoms with van der Waals surface area (Å²) in [6.45, 7) is 1.81. The van der Waals surface area contributed by atoms with Crippen LogP contribution in [0.4, 0.5) is 0 Å². The van der Waals surface area contributed by atoms with E-state index in [1.165, 1.54) is 0 Å². The summed E-state index contributed by atoms with van der Waals surface area (Å²) < 4.78 is 1.00. The maximum absolute atomic E-state index is 10.4. The number of benzene rings is 1. The van der Waals surface area contributed by atoms with Crippen molar-refractivity contribution in [3.63, 3.8) is 0 Å². The largest absolute Gasteiger partial charge is 0.368 e. The zero-order valence-corrected chi connectivity index (χ0v) is 9.95. The van der Waals surface area contributed by atoms with Crippen molar-refractivity contribution in [2.45, 2.75) is 13.0 Å². The number of hydrogen-bond acceptors (Lipinski definition) is 3. The molecule has 0 bridgehead atoms. The average molecular weight is 273 g/mol. The fourth-order valence-electron chi connectivity index (χ4n) is 1.08. The van der Waals surface area contributed by atoms with Crippen molar-refractivity contribution in [3.05, 3.63) is 34.3 Å². The van der Waals surface area contributed by atoms with Crippen LogP contribution in [0, 0.1) is 0 Å². The van der Waals surface area contributed by atoms with Crippen LogP contribution in [0.15, 0.2) is 28.7 Å². The zero-order chi connectivity index (χ0) is 11.3. The molecule has 0 fully saturated rings. The van der Waals surface area contributed by atoms with Crippen LogP contribution in [0.5, 0.6) is 0 Å². The van der Waals surface area contributed by atoms with Crippen molar-refractivity contribution in [2.24, 2.45) is 5.73 Å². The molecule has 4 nitrogen and oxygen atoms in total. The molecule has 1 unspecified atom stereocenters. The Hall–Kier alpha value is -0.910. The summed E-state index contributed by atoms with van der Waals surface area (Å²) in [5.74, 6) is -0.496. The molecular formula is C10H13BrN2O2. The van der Waals surface area contributed by atoms with Gasteiger partial charge in [0.2, 0.25) is 5.91 Å². The summed E-state index contributed by atoms with van der Waals surface area (Å²) in [6, 6.07) is 7.83. The van der Waals surface area contributed by atoms with Crippen LogP contribution in [0.3, 0.4) is 0 Å². The number of halogens is 1. The fourth-order valence-corrected chi connectivity index (χ4v) is 1.50. The number of nitrogens with one attached hydrogen (secondary N) is 1. The Bertz CT molecular complexity index is 344. The molecule has 15 heavy (non-hydrogen) atoms. The third kappa shape index (κ3) is 4.42. The highest BCUT2D eigenvalue weighted by Crippen LogP contribution is 2.17. The lowest BCUT2D eigenvalue weighted by atomic mass is 10.1. The summed E-state index contributed by atoms with van der Waals surface area (Å²) in [7, 11) is 0. The third-order valence-corrected chi connectivity index (χ3v) is 2.32. The van der Waals surface area contributed by atoms with Crippen molar-refractivity contribution >= 4 is 21.8 Å². The third-order valence-electron chi connectivity index (χ3n) is 1.82. The van der Waals surface area contributed by atoms with Gasteiger partial charge in [-0.25, -0.2) is 0 Å². The molecule has 1 rings (SSSR count). The molecule has 0 aliphatic heterocycles. The molecule has 82 valence electrons. The van der Waals surface area contributed by atoms with Gasteiger partial charge >= 0.3 is 0 Å². The molecule has 0 aliphatic rings. The van der Waals surface area contributed by atoms with E-state index >= 15 is 0 Å². The van der Waals surface area contributed by atoms with Gasteiger partial charge in [-0.05, 0) is 24.6 Å².